The highest BCUT2D eigenvalue weighted by Gasteiger charge is 2.04. The number of halogens is 2. The number of rotatable bonds is 7. The van der Waals surface area contributed by atoms with Crippen LogP contribution in [0.1, 0.15) is 13.3 Å². The molecule has 0 aliphatic carbocycles. The summed E-state index contributed by atoms with van der Waals surface area (Å²) in [6, 6.07) is 1.69. The fraction of sp³-hybridized carbons (Fsp3) is 0.250. The van der Waals surface area contributed by atoms with Crippen molar-refractivity contribution in [1.82, 2.24) is 9.97 Å². The van der Waals surface area contributed by atoms with Crippen LogP contribution in [0.3, 0.4) is 0 Å². The van der Waals surface area contributed by atoms with E-state index in [2.05, 4.69) is 21.8 Å². The number of hydrogen-bond donors (Lipinski definition) is 0. The van der Waals surface area contributed by atoms with Crippen molar-refractivity contribution in [2.45, 2.75) is 18.5 Å². The monoisotopic (exact) mass is 284 g/mol. The summed E-state index contributed by atoms with van der Waals surface area (Å²) >= 11 is 1.31. The minimum Gasteiger partial charge on any atom is -0.231 e. The minimum atomic E-state index is -1.66. The summed E-state index contributed by atoms with van der Waals surface area (Å²) in [5, 5.41) is 5.82. The first-order valence-corrected chi connectivity index (χ1v) is 6.51. The van der Waals surface area contributed by atoms with Crippen LogP contribution in [0.25, 0.3) is 0 Å². The van der Waals surface area contributed by atoms with E-state index in [1.54, 1.807) is 24.5 Å². The van der Waals surface area contributed by atoms with Crippen molar-refractivity contribution < 1.29 is 8.78 Å². The van der Waals surface area contributed by atoms with Gasteiger partial charge in [0.25, 0.3) is 6.08 Å². The second-order valence-corrected chi connectivity index (χ2v) is 4.36. The zero-order chi connectivity index (χ0) is 14.1. The molecule has 0 unspecified atom stereocenters. The molecule has 7 heteroatoms. The highest BCUT2D eigenvalue weighted by molar-refractivity contribution is 7.99. The van der Waals surface area contributed by atoms with Gasteiger partial charge in [-0.15, -0.1) is 0 Å². The van der Waals surface area contributed by atoms with Crippen LogP contribution in [0.4, 0.5) is 14.6 Å². The third kappa shape index (κ3) is 5.60. The maximum atomic E-state index is 11.8. The first-order chi connectivity index (χ1) is 9.17. The highest BCUT2D eigenvalue weighted by atomic mass is 32.2. The molecule has 0 aliphatic heterocycles. The van der Waals surface area contributed by atoms with E-state index in [0.29, 0.717) is 16.7 Å². The summed E-state index contributed by atoms with van der Waals surface area (Å²) < 4.78 is 23.7. The highest BCUT2D eigenvalue weighted by Crippen LogP contribution is 2.18. The van der Waals surface area contributed by atoms with Crippen LogP contribution < -0.4 is 5.01 Å². The molecule has 4 nitrogen and oxygen atoms in total. The molecule has 0 atom stereocenters. The van der Waals surface area contributed by atoms with Crippen molar-refractivity contribution in [3.05, 3.63) is 36.7 Å². The number of aromatic nitrogens is 2. The fourth-order valence-electron chi connectivity index (χ4n) is 1.18. The normalized spacial score (nSPS) is 10.5. The molecular formula is C12H14F2N4S. The molecule has 1 aromatic heterocycles. The molecular weight excluding hydrogens is 270 g/mol. The lowest BCUT2D eigenvalue weighted by molar-refractivity contribution is 0.418. The number of anilines is 1. The third-order valence-electron chi connectivity index (χ3n) is 1.94. The zero-order valence-corrected chi connectivity index (χ0v) is 11.3. The van der Waals surface area contributed by atoms with Gasteiger partial charge in [-0.25, -0.2) is 15.0 Å². The van der Waals surface area contributed by atoms with Gasteiger partial charge in [-0.3, -0.25) is 0 Å². The van der Waals surface area contributed by atoms with Gasteiger partial charge >= 0.3 is 0 Å². The Bertz CT molecular complexity index is 473. The van der Waals surface area contributed by atoms with Gasteiger partial charge in [0, 0.05) is 30.9 Å². The summed E-state index contributed by atoms with van der Waals surface area (Å²) in [7, 11) is 0. The molecule has 1 aromatic rings. The maximum Gasteiger partial charge on any atom is 0.266 e. The lowest BCUT2D eigenvalue weighted by Gasteiger charge is -2.12. The van der Waals surface area contributed by atoms with E-state index < -0.39 is 6.08 Å². The largest absolute Gasteiger partial charge is 0.266 e. The number of hydrogen-bond acceptors (Lipinski definition) is 5. The molecule has 0 spiro atoms. The van der Waals surface area contributed by atoms with Crippen LogP contribution in [0, 0.1) is 0 Å². The van der Waals surface area contributed by atoms with E-state index in [-0.39, 0.29) is 6.42 Å². The molecule has 102 valence electrons. The molecule has 0 aliphatic rings. The predicted octanol–water partition coefficient (Wildman–Crippen LogP) is 3.69. The summed E-state index contributed by atoms with van der Waals surface area (Å²) in [6.45, 7) is 5.30. The Balaban J connectivity index is 2.66. The maximum absolute atomic E-state index is 11.8. The molecule has 1 heterocycles. The van der Waals surface area contributed by atoms with Crippen molar-refractivity contribution in [3.8, 4) is 0 Å². The van der Waals surface area contributed by atoms with Gasteiger partial charge in [0.1, 0.15) is 0 Å². The van der Waals surface area contributed by atoms with Gasteiger partial charge in [-0.2, -0.15) is 13.9 Å². The van der Waals surface area contributed by atoms with Crippen molar-refractivity contribution in [3.63, 3.8) is 0 Å². The van der Waals surface area contributed by atoms with Crippen LogP contribution in [0.2, 0.25) is 0 Å². The number of thioether (sulfide) groups is 1. The summed E-state index contributed by atoms with van der Waals surface area (Å²) in [5.74, 6) is 1.07. The van der Waals surface area contributed by atoms with Crippen LogP contribution >= 0.6 is 11.8 Å². The predicted molar refractivity (Wildman–Crippen MR) is 74.5 cm³/mol. The van der Waals surface area contributed by atoms with Gasteiger partial charge in [-0.05, 0) is 19.4 Å². The summed E-state index contributed by atoms with van der Waals surface area (Å²) in [4.78, 5) is 8.33. The lowest BCUT2D eigenvalue weighted by Crippen LogP contribution is -2.08. The van der Waals surface area contributed by atoms with Gasteiger partial charge < -0.3 is 0 Å². The molecule has 0 amide bonds. The summed E-state index contributed by atoms with van der Waals surface area (Å²) in [6.07, 6.45) is 4.61. The smallest absolute Gasteiger partial charge is 0.231 e. The molecule has 0 bridgehead atoms. The Morgan fingerprint density at radius 3 is 3.00 bits per heavy atom. The van der Waals surface area contributed by atoms with Crippen molar-refractivity contribution >= 4 is 24.3 Å². The first-order valence-electron chi connectivity index (χ1n) is 5.53. The molecule has 0 aromatic carbocycles. The second-order valence-electron chi connectivity index (χ2n) is 3.30. The number of allylic oxidation sites excluding steroid dienone is 2. The Hall–Kier alpha value is -1.76. The number of hydrazone groups is 1. The molecule has 0 saturated carbocycles. The van der Waals surface area contributed by atoms with Crippen molar-refractivity contribution in [1.29, 1.82) is 0 Å². The van der Waals surface area contributed by atoms with E-state index in [1.807, 2.05) is 6.92 Å². The zero-order valence-electron chi connectivity index (χ0n) is 10.5. The Morgan fingerprint density at radius 1 is 1.58 bits per heavy atom. The van der Waals surface area contributed by atoms with E-state index in [4.69, 9.17) is 0 Å². The van der Waals surface area contributed by atoms with Crippen LogP contribution in [-0.4, -0.2) is 22.4 Å². The van der Waals surface area contributed by atoms with Gasteiger partial charge in [0.05, 0.1) is 0 Å². The van der Waals surface area contributed by atoms with Crippen molar-refractivity contribution in [2.75, 3.05) is 10.8 Å². The van der Waals surface area contributed by atoms with Crippen molar-refractivity contribution in [2.24, 2.45) is 5.10 Å². The van der Waals surface area contributed by atoms with E-state index in [0.717, 1.165) is 6.08 Å². The van der Waals surface area contributed by atoms with Crippen LogP contribution in [-0.2, 0) is 0 Å². The Kier molecular flexibility index (Phi) is 6.73. The second kappa shape index (κ2) is 8.36. The fourth-order valence-corrected chi connectivity index (χ4v) is 1.90. The van der Waals surface area contributed by atoms with Gasteiger partial charge in [0.15, 0.2) is 11.0 Å². The van der Waals surface area contributed by atoms with Crippen LogP contribution in [0.15, 0.2) is 47.0 Å². The third-order valence-corrected chi connectivity index (χ3v) is 2.84. The minimum absolute atomic E-state index is 0.277. The van der Waals surface area contributed by atoms with Gasteiger partial charge in [0.2, 0.25) is 0 Å². The Morgan fingerprint density at radius 2 is 2.37 bits per heavy atom. The van der Waals surface area contributed by atoms with Gasteiger partial charge in [-0.1, -0.05) is 17.8 Å². The molecule has 0 radical (unpaired) electrons. The lowest BCUT2D eigenvalue weighted by atomic mass is 10.5. The molecule has 0 fully saturated rings. The molecule has 0 saturated heterocycles. The first kappa shape index (κ1) is 15.3. The van der Waals surface area contributed by atoms with E-state index in [9.17, 15) is 8.78 Å². The Labute approximate surface area is 114 Å². The van der Waals surface area contributed by atoms with Crippen LogP contribution in [0.5, 0.6) is 0 Å². The molecule has 0 N–H and O–H groups in total. The number of nitrogens with zero attached hydrogens (tertiary/aromatic N) is 4. The summed E-state index contributed by atoms with van der Waals surface area (Å²) in [5.41, 5.74) is 0. The average Bonchev–Trinajstić information content (AvgIpc) is 2.41. The topological polar surface area (TPSA) is 41.4 Å². The molecule has 1 rings (SSSR count). The average molecular weight is 284 g/mol. The van der Waals surface area contributed by atoms with E-state index in [1.165, 1.54) is 16.8 Å². The standard InChI is InChI=1S/C12H14F2N4S/c1-3-8-18(15-2)11-6-7-16-12(17-11)19-9-4-5-10(13)14/h3,5-8H,2,4,9H2,1H3/b8-3-. The van der Waals surface area contributed by atoms with E-state index >= 15 is 0 Å². The quantitative estimate of drug-likeness (QED) is 0.252. The SMILES string of the molecule is C=NN(/C=C\C)c1ccnc(SCCC=C(F)F)n1. The molecule has 19 heavy (non-hydrogen) atoms.